The number of amides is 2. The quantitative estimate of drug-likeness (QED) is 0.426. The average Bonchev–Trinajstić information content (AvgIpc) is 3.37. The summed E-state index contributed by atoms with van der Waals surface area (Å²) >= 11 is 0.881. The van der Waals surface area contributed by atoms with Crippen molar-refractivity contribution < 1.29 is 23.5 Å². The van der Waals surface area contributed by atoms with Gasteiger partial charge >= 0.3 is 0 Å². The lowest BCUT2D eigenvalue weighted by Gasteiger charge is -2.21. The number of nitrogens with zero attached hydrogens (tertiary/aromatic N) is 3. The van der Waals surface area contributed by atoms with Crippen molar-refractivity contribution in [1.29, 1.82) is 0 Å². The van der Waals surface area contributed by atoms with Crippen molar-refractivity contribution in [1.82, 2.24) is 20.2 Å². The predicted molar refractivity (Wildman–Crippen MR) is 134 cm³/mol. The number of aromatic nitrogens is 2. The van der Waals surface area contributed by atoms with Crippen LogP contribution in [0.1, 0.15) is 85.2 Å². The predicted octanol–water partition coefficient (Wildman–Crippen LogP) is 4.48. The maximum atomic E-state index is 14.2. The number of rotatable bonds is 10. The van der Waals surface area contributed by atoms with Gasteiger partial charge in [0.2, 0.25) is 0 Å². The minimum Gasteiger partial charge on any atom is -0.389 e. The third-order valence-corrected chi connectivity index (χ3v) is 7.58. The van der Waals surface area contributed by atoms with E-state index in [4.69, 9.17) is 0 Å². The molecule has 0 spiro atoms. The number of pyridine rings is 1. The van der Waals surface area contributed by atoms with Crippen LogP contribution in [0.4, 0.5) is 14.6 Å². The van der Waals surface area contributed by atoms with Crippen LogP contribution in [0.25, 0.3) is 10.4 Å². The lowest BCUT2D eigenvalue weighted by molar-refractivity contribution is 0.0692. The van der Waals surface area contributed by atoms with Crippen molar-refractivity contribution in [2.45, 2.75) is 70.9 Å². The van der Waals surface area contributed by atoms with Crippen LogP contribution < -0.4 is 10.6 Å². The summed E-state index contributed by atoms with van der Waals surface area (Å²) in [7, 11) is 0. The van der Waals surface area contributed by atoms with Crippen molar-refractivity contribution in [2.24, 2.45) is 5.92 Å². The van der Waals surface area contributed by atoms with Crippen LogP contribution in [0.2, 0.25) is 0 Å². The van der Waals surface area contributed by atoms with E-state index in [1.54, 1.807) is 18.7 Å². The van der Waals surface area contributed by atoms with E-state index in [0.717, 1.165) is 30.6 Å². The molecule has 2 amide bonds. The number of alkyl halides is 2. The number of anilines is 1. The molecule has 0 radical (unpaired) electrons. The minimum atomic E-state index is -2.81. The number of halogens is 2. The zero-order chi connectivity index (χ0) is 26.0. The Morgan fingerprint density at radius 1 is 1.31 bits per heavy atom. The van der Waals surface area contributed by atoms with Gasteiger partial charge in [0.05, 0.1) is 10.5 Å². The Morgan fingerprint density at radius 2 is 2.06 bits per heavy atom. The SMILES string of the molecule is C[C@H]1CCCN1C(=O)c1nc(C(=O)NCC(C)(C)O)sc1-c1cnc(NCCC2CC2)cc1C(F)F. The third-order valence-electron chi connectivity index (χ3n) is 6.49. The Labute approximate surface area is 213 Å². The summed E-state index contributed by atoms with van der Waals surface area (Å²) in [6.45, 7) is 6.19. The van der Waals surface area contributed by atoms with Crippen LogP contribution in [0, 0.1) is 5.92 Å². The number of carbonyl (C=O) groups is 2. The second kappa shape index (κ2) is 10.8. The second-order valence-corrected chi connectivity index (χ2v) is 11.3. The van der Waals surface area contributed by atoms with Gasteiger partial charge in [0.1, 0.15) is 11.5 Å². The van der Waals surface area contributed by atoms with Gasteiger partial charge in [-0.15, -0.1) is 11.3 Å². The number of hydrogen-bond acceptors (Lipinski definition) is 7. The van der Waals surface area contributed by atoms with E-state index in [9.17, 15) is 23.5 Å². The zero-order valence-corrected chi connectivity index (χ0v) is 21.6. The molecule has 3 heterocycles. The third kappa shape index (κ3) is 6.36. The van der Waals surface area contributed by atoms with Gasteiger partial charge in [-0.3, -0.25) is 9.59 Å². The summed E-state index contributed by atoms with van der Waals surface area (Å²) < 4.78 is 28.4. The molecule has 2 aromatic heterocycles. The highest BCUT2D eigenvalue weighted by Gasteiger charge is 2.33. The van der Waals surface area contributed by atoms with E-state index in [1.165, 1.54) is 25.1 Å². The molecule has 1 saturated carbocycles. The van der Waals surface area contributed by atoms with Crippen LogP contribution in [-0.2, 0) is 0 Å². The topological polar surface area (TPSA) is 107 Å². The molecule has 2 aliphatic rings. The van der Waals surface area contributed by atoms with E-state index in [0.29, 0.717) is 24.8 Å². The standard InChI is InChI=1S/C25H33F2N5O3S/c1-14-5-4-10-32(14)24(34)19-20(36-23(31-19)22(33)30-13-25(2,3)35)17-12-29-18(11-16(17)21(26)27)28-9-8-15-6-7-15/h11-12,14-15,21,35H,4-10,13H2,1-3H3,(H,28,29)(H,30,33)/t14-/m0/s1. The smallest absolute Gasteiger partial charge is 0.280 e. The van der Waals surface area contributed by atoms with Gasteiger partial charge in [-0.1, -0.05) is 12.8 Å². The van der Waals surface area contributed by atoms with Crippen molar-refractivity contribution in [2.75, 3.05) is 25.0 Å². The van der Waals surface area contributed by atoms with Crippen LogP contribution >= 0.6 is 11.3 Å². The molecule has 4 rings (SSSR count). The molecule has 2 fully saturated rings. The second-order valence-electron chi connectivity index (χ2n) is 10.3. The first-order valence-electron chi connectivity index (χ1n) is 12.4. The summed E-state index contributed by atoms with van der Waals surface area (Å²) in [4.78, 5) is 36.7. The molecular formula is C25H33F2N5O3S. The Morgan fingerprint density at radius 3 is 2.67 bits per heavy atom. The summed E-state index contributed by atoms with van der Waals surface area (Å²) in [6, 6.07) is 1.30. The first-order valence-corrected chi connectivity index (χ1v) is 13.2. The van der Waals surface area contributed by atoms with Gasteiger partial charge in [0.25, 0.3) is 18.2 Å². The maximum absolute atomic E-state index is 14.2. The molecule has 1 aliphatic carbocycles. The van der Waals surface area contributed by atoms with E-state index >= 15 is 0 Å². The monoisotopic (exact) mass is 521 g/mol. The van der Waals surface area contributed by atoms with E-state index < -0.39 is 17.9 Å². The highest BCUT2D eigenvalue weighted by atomic mass is 32.1. The largest absolute Gasteiger partial charge is 0.389 e. The molecular weight excluding hydrogens is 488 g/mol. The minimum absolute atomic E-state index is 0.00903. The Kier molecular flexibility index (Phi) is 7.89. The molecule has 0 aromatic carbocycles. The number of aliphatic hydroxyl groups is 1. The molecule has 2 aromatic rings. The van der Waals surface area contributed by atoms with Gasteiger partial charge in [-0.2, -0.15) is 0 Å². The number of thiazole rings is 1. The number of carbonyl (C=O) groups excluding carboxylic acids is 2. The van der Waals surface area contributed by atoms with Crippen LogP contribution in [0.5, 0.6) is 0 Å². The molecule has 0 bridgehead atoms. The van der Waals surface area contributed by atoms with Crippen molar-refractivity contribution >= 4 is 29.0 Å². The number of hydrogen-bond donors (Lipinski definition) is 3. The maximum Gasteiger partial charge on any atom is 0.280 e. The number of nitrogens with one attached hydrogen (secondary N) is 2. The van der Waals surface area contributed by atoms with E-state index in [2.05, 4.69) is 20.6 Å². The fourth-order valence-electron chi connectivity index (χ4n) is 4.24. The lowest BCUT2D eigenvalue weighted by Crippen LogP contribution is -2.38. The average molecular weight is 522 g/mol. The highest BCUT2D eigenvalue weighted by molar-refractivity contribution is 7.17. The van der Waals surface area contributed by atoms with Crippen LogP contribution in [0.3, 0.4) is 0 Å². The summed E-state index contributed by atoms with van der Waals surface area (Å²) in [5.41, 5.74) is -1.35. The van der Waals surface area contributed by atoms with Crippen LogP contribution in [-0.4, -0.2) is 63.1 Å². The van der Waals surface area contributed by atoms with Crippen LogP contribution in [0.15, 0.2) is 12.3 Å². The molecule has 3 N–H and O–H groups in total. The van der Waals surface area contributed by atoms with E-state index in [1.807, 2.05) is 6.92 Å². The molecule has 11 heteroatoms. The van der Waals surface area contributed by atoms with Gasteiger partial charge in [0.15, 0.2) is 5.01 Å². The normalized spacial score (nSPS) is 18.1. The Bertz CT molecular complexity index is 1110. The van der Waals surface area contributed by atoms with Crippen molar-refractivity contribution in [3.05, 3.63) is 28.5 Å². The summed E-state index contributed by atoms with van der Waals surface area (Å²) in [5.74, 6) is 0.0796. The van der Waals surface area contributed by atoms with Crippen molar-refractivity contribution in [3.63, 3.8) is 0 Å². The summed E-state index contributed by atoms with van der Waals surface area (Å²) in [6.07, 6.45) is 3.59. The van der Waals surface area contributed by atoms with E-state index in [-0.39, 0.29) is 45.2 Å². The molecule has 1 aliphatic heterocycles. The first-order chi connectivity index (χ1) is 17.0. The first kappa shape index (κ1) is 26.4. The molecule has 1 atom stereocenters. The fourth-order valence-corrected chi connectivity index (χ4v) is 5.24. The lowest BCUT2D eigenvalue weighted by atomic mass is 10.1. The Balaban J connectivity index is 1.68. The zero-order valence-electron chi connectivity index (χ0n) is 20.8. The molecule has 8 nitrogen and oxygen atoms in total. The number of likely N-dealkylation sites (tertiary alicyclic amines) is 1. The van der Waals surface area contributed by atoms with Crippen molar-refractivity contribution in [3.8, 4) is 10.4 Å². The van der Waals surface area contributed by atoms with Gasteiger partial charge in [0, 0.05) is 43.0 Å². The fraction of sp³-hybridized carbons (Fsp3) is 0.600. The Hall–Kier alpha value is -2.66. The highest BCUT2D eigenvalue weighted by Crippen LogP contribution is 2.39. The molecule has 36 heavy (non-hydrogen) atoms. The summed E-state index contributed by atoms with van der Waals surface area (Å²) in [5, 5.41) is 15.6. The van der Waals surface area contributed by atoms with Gasteiger partial charge in [-0.25, -0.2) is 18.7 Å². The van der Waals surface area contributed by atoms with Gasteiger partial charge in [-0.05, 0) is 52.0 Å². The molecule has 196 valence electrons. The molecule has 0 unspecified atom stereocenters. The van der Waals surface area contributed by atoms with Gasteiger partial charge < -0.3 is 20.6 Å². The molecule has 1 saturated heterocycles.